The molecule has 0 atom stereocenters. The van der Waals surface area contributed by atoms with Crippen molar-refractivity contribution in [2.45, 2.75) is 37.1 Å². The van der Waals surface area contributed by atoms with Crippen LogP contribution < -0.4 is 9.80 Å². The quantitative estimate of drug-likeness (QED) is 0.200. The molecule has 0 bridgehead atoms. The summed E-state index contributed by atoms with van der Waals surface area (Å²) in [6.07, 6.45) is 1.47. The second kappa shape index (κ2) is 13.0. The van der Waals surface area contributed by atoms with Crippen molar-refractivity contribution >= 4 is 53.4 Å². The Hall–Kier alpha value is -3.18. The summed E-state index contributed by atoms with van der Waals surface area (Å²) in [5.74, 6) is 6.04. The SMILES string of the molecule is O=C(Nc1ccc(CC[As]c2ncnc3cc(C#CCCN4CCCC4)sc23)cc1)c1cccc(C(F)(F)F)c1. The van der Waals surface area contributed by atoms with Gasteiger partial charge < -0.3 is 0 Å². The number of rotatable bonds is 8. The third-order valence-electron chi connectivity index (χ3n) is 6.58. The second-order valence-corrected chi connectivity index (χ2v) is 13.0. The van der Waals surface area contributed by atoms with Crippen molar-refractivity contribution in [2.24, 2.45) is 0 Å². The van der Waals surface area contributed by atoms with E-state index in [-0.39, 0.29) is 21.3 Å². The Balaban J connectivity index is 1.13. The van der Waals surface area contributed by atoms with E-state index in [1.54, 1.807) is 29.8 Å². The zero-order chi connectivity index (χ0) is 28.0. The molecular formula is C30H27AsF3N4OS. The molecule has 1 aliphatic heterocycles. The number of aryl methyl sites for hydroxylation is 1. The Morgan fingerprint density at radius 1 is 1.07 bits per heavy atom. The molecule has 0 aliphatic carbocycles. The van der Waals surface area contributed by atoms with E-state index in [4.69, 9.17) is 0 Å². The molecule has 1 N–H and O–H groups in total. The van der Waals surface area contributed by atoms with Gasteiger partial charge >= 0.3 is 229 Å². The zero-order valence-electron chi connectivity index (χ0n) is 21.7. The number of alkyl halides is 3. The van der Waals surface area contributed by atoms with Gasteiger partial charge in [-0.05, 0) is 0 Å². The van der Waals surface area contributed by atoms with Crippen LogP contribution in [-0.4, -0.2) is 56.2 Å². The summed E-state index contributed by atoms with van der Waals surface area (Å²) in [5, 5.41) is 3.65. The number of aromatic nitrogens is 2. The van der Waals surface area contributed by atoms with Crippen LogP contribution in [0.3, 0.4) is 0 Å². The van der Waals surface area contributed by atoms with E-state index >= 15 is 0 Å². The summed E-state index contributed by atoms with van der Waals surface area (Å²) in [6, 6.07) is 13.9. The number of hydrogen-bond donors (Lipinski definition) is 1. The number of benzene rings is 2. The Morgan fingerprint density at radius 3 is 2.65 bits per heavy atom. The molecule has 1 aliphatic rings. The number of fused-ring (bicyclic) bond motifs is 1. The predicted molar refractivity (Wildman–Crippen MR) is 154 cm³/mol. The summed E-state index contributed by atoms with van der Waals surface area (Å²) < 4.78 is 41.1. The van der Waals surface area contributed by atoms with Crippen molar-refractivity contribution in [2.75, 3.05) is 25.0 Å². The minimum absolute atomic E-state index is 0.0380. The molecule has 10 heteroatoms. The molecule has 1 fully saturated rings. The van der Waals surface area contributed by atoms with E-state index in [0.29, 0.717) is 5.69 Å². The van der Waals surface area contributed by atoms with Crippen molar-refractivity contribution in [3.63, 3.8) is 0 Å². The average molecular weight is 624 g/mol. The molecule has 1 radical (unpaired) electrons. The third kappa shape index (κ3) is 7.51. The van der Waals surface area contributed by atoms with Gasteiger partial charge in [-0.2, -0.15) is 13.2 Å². The molecular weight excluding hydrogens is 596 g/mol. The molecule has 0 saturated carbocycles. The van der Waals surface area contributed by atoms with Gasteiger partial charge in [-0.3, -0.25) is 0 Å². The van der Waals surface area contributed by atoms with E-state index < -0.39 is 17.6 Å². The number of amides is 1. The molecule has 5 nitrogen and oxygen atoms in total. The van der Waals surface area contributed by atoms with Crippen molar-refractivity contribution in [1.29, 1.82) is 0 Å². The number of halogens is 3. The molecule has 1 saturated heterocycles. The number of carbonyl (C=O) groups excluding carboxylic acids is 1. The average Bonchev–Trinajstić information content (AvgIpc) is 3.62. The van der Waals surface area contributed by atoms with Gasteiger partial charge in [-0.1, -0.05) is 0 Å². The minimum atomic E-state index is -4.50. The van der Waals surface area contributed by atoms with Gasteiger partial charge in [0.15, 0.2) is 0 Å². The fourth-order valence-electron chi connectivity index (χ4n) is 4.47. The predicted octanol–water partition coefficient (Wildman–Crippen LogP) is 5.79. The van der Waals surface area contributed by atoms with Gasteiger partial charge in [0.2, 0.25) is 0 Å². The Labute approximate surface area is 241 Å². The zero-order valence-corrected chi connectivity index (χ0v) is 24.4. The monoisotopic (exact) mass is 623 g/mol. The van der Waals surface area contributed by atoms with Crippen molar-refractivity contribution in [3.05, 3.63) is 82.5 Å². The number of hydrogen-bond acceptors (Lipinski definition) is 5. The van der Waals surface area contributed by atoms with Crippen LogP contribution in [0.2, 0.25) is 5.21 Å². The first-order valence-corrected chi connectivity index (χ1v) is 16.1. The summed E-state index contributed by atoms with van der Waals surface area (Å²) >= 11 is 1.50. The summed E-state index contributed by atoms with van der Waals surface area (Å²) in [4.78, 5) is 25.0. The molecule has 3 heterocycles. The molecule has 1 amide bonds. The van der Waals surface area contributed by atoms with E-state index in [1.165, 1.54) is 38.1 Å². The van der Waals surface area contributed by atoms with Gasteiger partial charge in [0.1, 0.15) is 0 Å². The topological polar surface area (TPSA) is 58.1 Å². The van der Waals surface area contributed by atoms with Crippen LogP contribution in [0.15, 0.2) is 60.9 Å². The first-order chi connectivity index (χ1) is 19.3. The van der Waals surface area contributed by atoms with Gasteiger partial charge in [0.25, 0.3) is 0 Å². The van der Waals surface area contributed by atoms with Crippen LogP contribution in [0.1, 0.15) is 45.6 Å². The second-order valence-electron chi connectivity index (χ2n) is 9.48. The van der Waals surface area contributed by atoms with Crippen LogP contribution in [-0.2, 0) is 12.6 Å². The number of likely N-dealkylation sites (tertiary alicyclic amines) is 1. The normalized spacial score (nSPS) is 14.1. The van der Waals surface area contributed by atoms with Crippen molar-refractivity contribution < 1.29 is 18.0 Å². The van der Waals surface area contributed by atoms with Gasteiger partial charge in [-0.15, -0.1) is 0 Å². The van der Waals surface area contributed by atoms with Crippen LogP contribution in [0.5, 0.6) is 0 Å². The van der Waals surface area contributed by atoms with E-state index in [0.717, 1.165) is 61.9 Å². The first-order valence-electron chi connectivity index (χ1n) is 13.1. The number of anilines is 1. The molecule has 40 heavy (non-hydrogen) atoms. The fourth-order valence-corrected chi connectivity index (χ4v) is 8.01. The number of thiophene rings is 1. The standard InChI is InChI=1S/C30H27AsF3N4OS/c32-30(33,34)23-7-5-6-22(18-23)29(39)37-24-11-9-21(10-12-24)13-14-31-28-27-26(35-20-36-28)19-25(40-27)8-1-2-15-38-16-3-4-17-38/h5-7,9-12,18-20H,2-4,13-17H2,(H,37,39). The maximum atomic E-state index is 12.9. The van der Waals surface area contributed by atoms with Crippen molar-refractivity contribution in [1.82, 2.24) is 14.9 Å². The Morgan fingerprint density at radius 2 is 1.88 bits per heavy atom. The van der Waals surface area contributed by atoms with E-state index in [9.17, 15) is 18.0 Å². The molecule has 4 aromatic rings. The van der Waals surface area contributed by atoms with Crippen molar-refractivity contribution in [3.8, 4) is 11.8 Å². The molecule has 2 aromatic carbocycles. The number of carbonyl (C=O) groups is 1. The maximum absolute atomic E-state index is 12.9. The van der Waals surface area contributed by atoms with Gasteiger partial charge in [0, 0.05) is 0 Å². The van der Waals surface area contributed by atoms with Crippen LogP contribution in [0.4, 0.5) is 18.9 Å². The van der Waals surface area contributed by atoms with E-state index in [2.05, 4.69) is 38.1 Å². The molecule has 0 spiro atoms. The van der Waals surface area contributed by atoms with E-state index in [1.807, 2.05) is 12.1 Å². The van der Waals surface area contributed by atoms with Gasteiger partial charge in [-0.25, -0.2) is 0 Å². The fraction of sp³-hybridized carbons (Fsp3) is 0.300. The summed E-state index contributed by atoms with van der Waals surface area (Å²) in [7, 11) is 0. The first kappa shape index (κ1) is 28.4. The van der Waals surface area contributed by atoms with Crippen LogP contribution >= 0.6 is 11.3 Å². The number of nitrogens with zero attached hydrogens (tertiary/aromatic N) is 3. The molecule has 0 unspecified atom stereocenters. The number of nitrogens with one attached hydrogen (secondary N) is 1. The molecule has 2 aromatic heterocycles. The van der Waals surface area contributed by atoms with Crippen LogP contribution in [0, 0.1) is 11.8 Å². The van der Waals surface area contributed by atoms with Crippen LogP contribution in [0.25, 0.3) is 10.2 Å². The molecule has 5 rings (SSSR count). The summed E-state index contributed by atoms with van der Waals surface area (Å²) in [5.41, 5.74) is 1.72. The third-order valence-corrected chi connectivity index (χ3v) is 10.2. The Kier molecular flexibility index (Phi) is 9.21. The van der Waals surface area contributed by atoms with Gasteiger partial charge in [0.05, 0.1) is 0 Å². The Bertz CT molecular complexity index is 1540. The summed E-state index contributed by atoms with van der Waals surface area (Å²) in [6.45, 7) is 3.42. The molecule has 205 valence electrons.